The van der Waals surface area contributed by atoms with Crippen LogP contribution in [-0.2, 0) is 4.79 Å². The number of rotatable bonds is 3. The molecule has 1 aliphatic carbocycles. The molecule has 0 spiro atoms. The number of amides is 1. The number of nitrogens with zero attached hydrogens (tertiary/aromatic N) is 1. The molecule has 4 nitrogen and oxygen atoms in total. The highest BCUT2D eigenvalue weighted by atomic mass is 19.1. The molecule has 1 aliphatic rings. The minimum Gasteiger partial charge on any atom is -0.330 e. The summed E-state index contributed by atoms with van der Waals surface area (Å²) in [6.45, 7) is 0.493. The maximum absolute atomic E-state index is 13.0. The van der Waals surface area contributed by atoms with Gasteiger partial charge in [-0.1, -0.05) is 6.42 Å². The predicted molar refractivity (Wildman–Crippen MR) is 69.6 cm³/mol. The molecule has 3 N–H and O–H groups in total. The Morgan fingerprint density at radius 3 is 3.00 bits per heavy atom. The molecule has 1 aromatic carbocycles. The molecule has 0 saturated heterocycles. The quantitative estimate of drug-likeness (QED) is 0.873. The molecule has 0 heterocycles. The second-order valence-corrected chi connectivity index (χ2v) is 4.82. The summed E-state index contributed by atoms with van der Waals surface area (Å²) in [7, 11) is 0. The first-order valence-electron chi connectivity index (χ1n) is 6.36. The van der Waals surface area contributed by atoms with E-state index in [0.717, 1.165) is 25.3 Å². The Bertz CT molecular complexity index is 524. The van der Waals surface area contributed by atoms with E-state index in [2.05, 4.69) is 5.32 Å². The number of carbonyl (C=O) groups excluding carboxylic acids is 1. The maximum atomic E-state index is 13.0. The molecule has 5 heteroatoms. The van der Waals surface area contributed by atoms with E-state index in [1.807, 2.05) is 6.07 Å². The average Bonchev–Trinajstić information content (AvgIpc) is 2.89. The summed E-state index contributed by atoms with van der Waals surface area (Å²) in [6.07, 6.45) is 2.77. The molecule has 0 aromatic heterocycles. The summed E-state index contributed by atoms with van der Waals surface area (Å²) in [5.41, 5.74) is 6.14. The normalized spacial score (nSPS) is 21.9. The van der Waals surface area contributed by atoms with Gasteiger partial charge in [0.1, 0.15) is 11.9 Å². The Labute approximate surface area is 111 Å². The lowest BCUT2D eigenvalue weighted by molar-refractivity contribution is -0.120. The van der Waals surface area contributed by atoms with Gasteiger partial charge in [0.05, 0.1) is 11.3 Å². The van der Waals surface area contributed by atoms with Gasteiger partial charge in [0.2, 0.25) is 5.91 Å². The van der Waals surface area contributed by atoms with Gasteiger partial charge in [-0.2, -0.15) is 5.26 Å². The van der Waals surface area contributed by atoms with Crippen molar-refractivity contribution in [3.05, 3.63) is 29.6 Å². The van der Waals surface area contributed by atoms with E-state index in [1.165, 1.54) is 12.1 Å². The second-order valence-electron chi connectivity index (χ2n) is 4.82. The molecule has 0 radical (unpaired) electrons. The van der Waals surface area contributed by atoms with Gasteiger partial charge in [-0.05, 0) is 43.5 Å². The fourth-order valence-electron chi connectivity index (χ4n) is 2.61. The molecule has 1 aromatic rings. The van der Waals surface area contributed by atoms with Crippen LogP contribution >= 0.6 is 0 Å². The van der Waals surface area contributed by atoms with Gasteiger partial charge in [-0.25, -0.2) is 4.39 Å². The number of nitriles is 1. The first-order valence-corrected chi connectivity index (χ1v) is 6.36. The minimum absolute atomic E-state index is 0.110. The first kappa shape index (κ1) is 13.5. The zero-order chi connectivity index (χ0) is 13.8. The van der Waals surface area contributed by atoms with Crippen LogP contribution in [0.25, 0.3) is 0 Å². The molecule has 1 fully saturated rings. The van der Waals surface area contributed by atoms with Gasteiger partial charge in [-0.15, -0.1) is 0 Å². The van der Waals surface area contributed by atoms with Crippen LogP contribution < -0.4 is 11.1 Å². The van der Waals surface area contributed by atoms with Crippen LogP contribution in [0.15, 0.2) is 18.2 Å². The highest BCUT2D eigenvalue weighted by molar-refractivity contribution is 5.94. The van der Waals surface area contributed by atoms with Crippen LogP contribution in [0.4, 0.5) is 10.1 Å². The van der Waals surface area contributed by atoms with Gasteiger partial charge in [0, 0.05) is 5.92 Å². The second kappa shape index (κ2) is 5.81. The third kappa shape index (κ3) is 2.91. The van der Waals surface area contributed by atoms with Crippen LogP contribution in [0, 0.1) is 29.0 Å². The van der Waals surface area contributed by atoms with Gasteiger partial charge in [0.25, 0.3) is 0 Å². The smallest absolute Gasteiger partial charge is 0.227 e. The van der Waals surface area contributed by atoms with E-state index in [9.17, 15) is 9.18 Å². The summed E-state index contributed by atoms with van der Waals surface area (Å²) in [6, 6.07) is 5.64. The van der Waals surface area contributed by atoms with Crippen LogP contribution in [0.2, 0.25) is 0 Å². The number of hydrogen-bond donors (Lipinski definition) is 2. The number of anilines is 1. The summed E-state index contributed by atoms with van der Waals surface area (Å²) < 4.78 is 13.0. The van der Waals surface area contributed by atoms with E-state index in [1.54, 1.807) is 0 Å². The molecule has 2 rings (SSSR count). The van der Waals surface area contributed by atoms with Crippen molar-refractivity contribution < 1.29 is 9.18 Å². The van der Waals surface area contributed by atoms with E-state index in [0.29, 0.717) is 12.2 Å². The summed E-state index contributed by atoms with van der Waals surface area (Å²) in [4.78, 5) is 12.2. The molecule has 0 aliphatic heterocycles. The Kier molecular flexibility index (Phi) is 4.13. The van der Waals surface area contributed by atoms with Crippen LogP contribution in [-0.4, -0.2) is 12.5 Å². The van der Waals surface area contributed by atoms with E-state index in [4.69, 9.17) is 11.0 Å². The molecule has 19 heavy (non-hydrogen) atoms. The lowest BCUT2D eigenvalue weighted by Gasteiger charge is -2.17. The number of hydrogen-bond acceptors (Lipinski definition) is 3. The third-order valence-electron chi connectivity index (χ3n) is 3.66. The Hall–Kier alpha value is -1.93. The minimum atomic E-state index is -0.491. The molecular weight excluding hydrogens is 245 g/mol. The molecule has 2 atom stereocenters. The first-order chi connectivity index (χ1) is 9.15. The highest BCUT2D eigenvalue weighted by Gasteiger charge is 2.32. The SMILES string of the molecule is N#Cc1cc(F)ccc1NC(=O)C1CCCC1CN. The molecular formula is C14H16FN3O. The van der Waals surface area contributed by atoms with E-state index >= 15 is 0 Å². The van der Waals surface area contributed by atoms with Crippen molar-refractivity contribution in [1.29, 1.82) is 5.26 Å². The van der Waals surface area contributed by atoms with E-state index < -0.39 is 5.82 Å². The monoisotopic (exact) mass is 261 g/mol. The fraction of sp³-hybridized carbons (Fsp3) is 0.429. The van der Waals surface area contributed by atoms with Gasteiger partial charge >= 0.3 is 0 Å². The van der Waals surface area contributed by atoms with Crippen molar-refractivity contribution in [2.45, 2.75) is 19.3 Å². The van der Waals surface area contributed by atoms with Crippen molar-refractivity contribution in [2.24, 2.45) is 17.6 Å². The van der Waals surface area contributed by atoms with Crippen molar-refractivity contribution in [3.8, 4) is 6.07 Å². The summed E-state index contributed by atoms with van der Waals surface area (Å²) in [5.74, 6) is -0.529. The van der Waals surface area contributed by atoms with Crippen molar-refractivity contribution >= 4 is 11.6 Å². The van der Waals surface area contributed by atoms with Crippen molar-refractivity contribution in [3.63, 3.8) is 0 Å². The van der Waals surface area contributed by atoms with Crippen molar-refractivity contribution in [1.82, 2.24) is 0 Å². The van der Waals surface area contributed by atoms with Crippen LogP contribution in [0.1, 0.15) is 24.8 Å². The number of carbonyl (C=O) groups is 1. The fourth-order valence-corrected chi connectivity index (χ4v) is 2.61. The number of nitrogens with two attached hydrogens (primary N) is 1. The number of halogens is 1. The molecule has 1 saturated carbocycles. The average molecular weight is 261 g/mol. The summed E-state index contributed by atoms with van der Waals surface area (Å²) in [5, 5.41) is 11.6. The van der Waals surface area contributed by atoms with E-state index in [-0.39, 0.29) is 23.3 Å². The summed E-state index contributed by atoms with van der Waals surface area (Å²) >= 11 is 0. The van der Waals surface area contributed by atoms with Crippen LogP contribution in [0.5, 0.6) is 0 Å². The van der Waals surface area contributed by atoms with Crippen LogP contribution in [0.3, 0.4) is 0 Å². The maximum Gasteiger partial charge on any atom is 0.227 e. The number of benzene rings is 1. The zero-order valence-electron chi connectivity index (χ0n) is 10.5. The lowest BCUT2D eigenvalue weighted by Crippen LogP contribution is -2.30. The lowest BCUT2D eigenvalue weighted by atomic mass is 9.95. The molecule has 2 unspecified atom stereocenters. The largest absolute Gasteiger partial charge is 0.330 e. The third-order valence-corrected chi connectivity index (χ3v) is 3.66. The standard InChI is InChI=1S/C14H16FN3O/c15-11-4-5-13(10(6-11)8-17)18-14(19)12-3-1-2-9(12)7-16/h4-6,9,12H,1-3,7,16H2,(H,18,19). The van der Waals surface area contributed by atoms with Gasteiger partial charge in [0.15, 0.2) is 0 Å². The Balaban J connectivity index is 2.13. The van der Waals surface area contributed by atoms with Gasteiger partial charge in [-0.3, -0.25) is 4.79 Å². The Morgan fingerprint density at radius 2 is 2.32 bits per heavy atom. The number of nitrogens with one attached hydrogen (secondary N) is 1. The topological polar surface area (TPSA) is 78.9 Å². The molecule has 1 amide bonds. The molecule has 100 valence electrons. The predicted octanol–water partition coefficient (Wildman–Crippen LogP) is 2.01. The van der Waals surface area contributed by atoms with Crippen molar-refractivity contribution in [2.75, 3.05) is 11.9 Å². The zero-order valence-corrected chi connectivity index (χ0v) is 10.5. The molecule has 0 bridgehead atoms. The highest BCUT2D eigenvalue weighted by Crippen LogP contribution is 2.32. The Morgan fingerprint density at radius 1 is 1.53 bits per heavy atom. The van der Waals surface area contributed by atoms with Gasteiger partial charge < -0.3 is 11.1 Å².